The second-order valence-electron chi connectivity index (χ2n) is 4.36. The number of hydrogen-bond donors (Lipinski definition) is 0. The molecular weight excluding hydrogens is 320 g/mol. The maximum absolute atomic E-state index is 12.5. The van der Waals surface area contributed by atoms with Crippen LogP contribution in [0.1, 0.15) is 21.5 Å². The summed E-state index contributed by atoms with van der Waals surface area (Å²) in [6.45, 7) is 1.92. The van der Waals surface area contributed by atoms with Crippen molar-refractivity contribution in [3.63, 3.8) is 0 Å². The summed E-state index contributed by atoms with van der Waals surface area (Å²) in [7, 11) is 3.12. The van der Waals surface area contributed by atoms with E-state index in [1.54, 1.807) is 32.4 Å². The smallest absolute Gasteiger partial charge is 0.193 e. The van der Waals surface area contributed by atoms with Gasteiger partial charge in [0.15, 0.2) is 17.3 Å². The molecule has 0 amide bonds. The standard InChI is InChI=1S/C16H15BrO3/c1-10-8-12(17)5-6-13(10)16(18)11-4-7-14(19-2)15(9-11)20-3/h4-9H,1-3H3. The minimum absolute atomic E-state index is 0.0315. The van der Waals surface area contributed by atoms with Gasteiger partial charge in [-0.15, -0.1) is 0 Å². The fourth-order valence-electron chi connectivity index (χ4n) is 2.01. The van der Waals surface area contributed by atoms with Crippen molar-refractivity contribution in [3.05, 3.63) is 57.6 Å². The van der Waals surface area contributed by atoms with Gasteiger partial charge in [0, 0.05) is 15.6 Å². The number of carbonyl (C=O) groups is 1. The Labute approximate surface area is 126 Å². The Morgan fingerprint density at radius 2 is 1.70 bits per heavy atom. The molecule has 0 atom stereocenters. The van der Waals surface area contributed by atoms with Crippen molar-refractivity contribution < 1.29 is 14.3 Å². The van der Waals surface area contributed by atoms with Crippen LogP contribution in [0.5, 0.6) is 11.5 Å². The van der Waals surface area contributed by atoms with Gasteiger partial charge in [-0.05, 0) is 48.9 Å². The highest BCUT2D eigenvalue weighted by Gasteiger charge is 2.14. The van der Waals surface area contributed by atoms with E-state index in [-0.39, 0.29) is 5.78 Å². The topological polar surface area (TPSA) is 35.5 Å². The summed E-state index contributed by atoms with van der Waals surface area (Å²) < 4.78 is 11.4. The van der Waals surface area contributed by atoms with Gasteiger partial charge in [-0.1, -0.05) is 15.9 Å². The van der Waals surface area contributed by atoms with Crippen molar-refractivity contribution in [2.24, 2.45) is 0 Å². The lowest BCUT2D eigenvalue weighted by atomic mass is 9.99. The molecule has 0 unspecified atom stereocenters. The Hall–Kier alpha value is -1.81. The minimum atomic E-state index is -0.0315. The Kier molecular flexibility index (Phi) is 4.45. The lowest BCUT2D eigenvalue weighted by Gasteiger charge is -2.10. The fourth-order valence-corrected chi connectivity index (χ4v) is 2.49. The van der Waals surface area contributed by atoms with Crippen LogP contribution in [0.15, 0.2) is 40.9 Å². The van der Waals surface area contributed by atoms with Crippen LogP contribution in [0.25, 0.3) is 0 Å². The van der Waals surface area contributed by atoms with Gasteiger partial charge in [-0.25, -0.2) is 0 Å². The number of hydrogen-bond acceptors (Lipinski definition) is 3. The van der Waals surface area contributed by atoms with E-state index >= 15 is 0 Å². The molecule has 0 saturated heterocycles. The number of ketones is 1. The van der Waals surface area contributed by atoms with Crippen molar-refractivity contribution in [1.82, 2.24) is 0 Å². The molecule has 2 aromatic rings. The Balaban J connectivity index is 2.43. The first-order valence-electron chi connectivity index (χ1n) is 6.09. The average Bonchev–Trinajstić information content (AvgIpc) is 2.45. The summed E-state index contributed by atoms with van der Waals surface area (Å²) >= 11 is 3.40. The fraction of sp³-hybridized carbons (Fsp3) is 0.188. The van der Waals surface area contributed by atoms with Gasteiger partial charge in [-0.2, -0.15) is 0 Å². The summed E-state index contributed by atoms with van der Waals surface area (Å²) in [5.74, 6) is 1.13. The van der Waals surface area contributed by atoms with Gasteiger partial charge >= 0.3 is 0 Å². The van der Waals surface area contributed by atoms with Crippen LogP contribution in [0, 0.1) is 6.92 Å². The van der Waals surface area contributed by atoms with Crippen molar-refractivity contribution in [1.29, 1.82) is 0 Å². The molecule has 0 N–H and O–H groups in total. The first kappa shape index (κ1) is 14.6. The zero-order chi connectivity index (χ0) is 14.7. The predicted octanol–water partition coefficient (Wildman–Crippen LogP) is 4.01. The summed E-state index contributed by atoms with van der Waals surface area (Å²) in [6.07, 6.45) is 0. The molecule has 0 radical (unpaired) electrons. The summed E-state index contributed by atoms with van der Waals surface area (Å²) in [5.41, 5.74) is 2.19. The Morgan fingerprint density at radius 1 is 1.00 bits per heavy atom. The van der Waals surface area contributed by atoms with Gasteiger partial charge in [0.2, 0.25) is 0 Å². The molecule has 0 fully saturated rings. The largest absolute Gasteiger partial charge is 0.493 e. The van der Waals surface area contributed by atoms with Crippen LogP contribution in [0.2, 0.25) is 0 Å². The zero-order valence-corrected chi connectivity index (χ0v) is 13.2. The van der Waals surface area contributed by atoms with E-state index in [4.69, 9.17) is 9.47 Å². The zero-order valence-electron chi connectivity index (χ0n) is 11.6. The monoisotopic (exact) mass is 334 g/mol. The second-order valence-corrected chi connectivity index (χ2v) is 5.27. The van der Waals surface area contributed by atoms with E-state index in [9.17, 15) is 4.79 Å². The minimum Gasteiger partial charge on any atom is -0.493 e. The molecule has 20 heavy (non-hydrogen) atoms. The van der Waals surface area contributed by atoms with Crippen molar-refractivity contribution in [2.45, 2.75) is 6.92 Å². The van der Waals surface area contributed by atoms with Gasteiger partial charge in [-0.3, -0.25) is 4.79 Å². The van der Waals surface area contributed by atoms with Crippen LogP contribution >= 0.6 is 15.9 Å². The molecule has 0 aliphatic rings. The van der Waals surface area contributed by atoms with Crippen molar-refractivity contribution in [2.75, 3.05) is 14.2 Å². The molecule has 0 aliphatic carbocycles. The van der Waals surface area contributed by atoms with E-state index < -0.39 is 0 Å². The van der Waals surface area contributed by atoms with Gasteiger partial charge in [0.1, 0.15) is 0 Å². The Morgan fingerprint density at radius 3 is 2.30 bits per heavy atom. The lowest BCUT2D eigenvalue weighted by Crippen LogP contribution is -2.04. The van der Waals surface area contributed by atoms with E-state index in [2.05, 4.69) is 15.9 Å². The third-order valence-electron chi connectivity index (χ3n) is 3.08. The number of benzene rings is 2. The quantitative estimate of drug-likeness (QED) is 0.792. The van der Waals surface area contributed by atoms with Crippen molar-refractivity contribution in [3.8, 4) is 11.5 Å². The number of ether oxygens (including phenoxy) is 2. The van der Waals surface area contributed by atoms with E-state index in [1.807, 2.05) is 25.1 Å². The molecule has 0 heterocycles. The van der Waals surface area contributed by atoms with E-state index in [0.717, 1.165) is 10.0 Å². The third kappa shape index (κ3) is 2.85. The highest BCUT2D eigenvalue weighted by molar-refractivity contribution is 9.10. The first-order chi connectivity index (χ1) is 9.56. The van der Waals surface area contributed by atoms with Crippen LogP contribution in [0.3, 0.4) is 0 Å². The molecule has 3 nitrogen and oxygen atoms in total. The molecule has 0 aliphatic heterocycles. The maximum Gasteiger partial charge on any atom is 0.193 e. The van der Waals surface area contributed by atoms with Gasteiger partial charge < -0.3 is 9.47 Å². The number of halogens is 1. The highest BCUT2D eigenvalue weighted by Crippen LogP contribution is 2.29. The lowest BCUT2D eigenvalue weighted by molar-refractivity contribution is 0.103. The predicted molar refractivity (Wildman–Crippen MR) is 81.9 cm³/mol. The van der Waals surface area contributed by atoms with E-state index in [1.165, 1.54) is 0 Å². The molecule has 0 saturated carbocycles. The SMILES string of the molecule is COc1ccc(C(=O)c2ccc(Br)cc2C)cc1OC. The third-order valence-corrected chi connectivity index (χ3v) is 3.57. The molecule has 0 bridgehead atoms. The van der Waals surface area contributed by atoms with Crippen LogP contribution in [-0.4, -0.2) is 20.0 Å². The number of methoxy groups -OCH3 is 2. The number of rotatable bonds is 4. The molecule has 4 heteroatoms. The molecule has 2 aromatic carbocycles. The summed E-state index contributed by atoms with van der Waals surface area (Å²) in [6, 6.07) is 10.8. The van der Waals surface area contributed by atoms with Crippen LogP contribution in [0.4, 0.5) is 0 Å². The molecule has 0 spiro atoms. The molecule has 0 aromatic heterocycles. The van der Waals surface area contributed by atoms with Crippen LogP contribution < -0.4 is 9.47 Å². The summed E-state index contributed by atoms with van der Waals surface area (Å²) in [5, 5.41) is 0. The van der Waals surface area contributed by atoms with Gasteiger partial charge in [0.05, 0.1) is 14.2 Å². The first-order valence-corrected chi connectivity index (χ1v) is 6.89. The molecular formula is C16H15BrO3. The summed E-state index contributed by atoms with van der Waals surface area (Å²) in [4.78, 5) is 12.5. The van der Waals surface area contributed by atoms with Gasteiger partial charge in [0.25, 0.3) is 0 Å². The number of aryl methyl sites for hydroxylation is 1. The number of carbonyl (C=O) groups excluding carboxylic acids is 1. The second kappa shape index (κ2) is 6.09. The highest BCUT2D eigenvalue weighted by atomic mass is 79.9. The molecule has 104 valence electrons. The molecule has 2 rings (SSSR count). The van der Waals surface area contributed by atoms with E-state index in [0.29, 0.717) is 22.6 Å². The maximum atomic E-state index is 12.5. The Bertz CT molecular complexity index is 650. The van der Waals surface area contributed by atoms with Crippen LogP contribution in [-0.2, 0) is 0 Å². The average molecular weight is 335 g/mol. The normalized spacial score (nSPS) is 10.2. The van der Waals surface area contributed by atoms with Crippen molar-refractivity contribution >= 4 is 21.7 Å².